The van der Waals surface area contributed by atoms with Gasteiger partial charge in [0.1, 0.15) is 0 Å². The van der Waals surface area contributed by atoms with E-state index in [2.05, 4.69) is 24.3 Å². The average molecular weight is 222 g/mol. The van der Waals surface area contributed by atoms with E-state index in [0.717, 1.165) is 36.3 Å². The summed E-state index contributed by atoms with van der Waals surface area (Å²) in [5, 5.41) is 3.28. The molecule has 0 aromatic heterocycles. The predicted molar refractivity (Wildman–Crippen MR) is 67.4 cm³/mol. The van der Waals surface area contributed by atoms with Gasteiger partial charge >= 0.3 is 0 Å². The summed E-state index contributed by atoms with van der Waals surface area (Å²) in [5.41, 5.74) is 0. The first-order valence-corrected chi connectivity index (χ1v) is 7.12. The molecule has 16 heavy (non-hydrogen) atoms. The second-order valence-electron chi connectivity index (χ2n) is 6.51. The highest BCUT2D eigenvalue weighted by Gasteiger charge is 2.49. The molecule has 4 fully saturated rings. The molecule has 0 heterocycles. The lowest BCUT2D eigenvalue weighted by Gasteiger charge is -2.56. The van der Waals surface area contributed by atoms with Crippen LogP contribution in [-0.2, 0) is 0 Å². The monoisotopic (exact) mass is 222 g/mol. The Labute approximate surface area is 99.8 Å². The van der Waals surface area contributed by atoms with E-state index in [0.29, 0.717) is 0 Å². The van der Waals surface area contributed by atoms with Gasteiger partial charge in [0.2, 0.25) is 0 Å². The van der Waals surface area contributed by atoms with Crippen molar-refractivity contribution < 1.29 is 0 Å². The molecule has 0 radical (unpaired) electrons. The summed E-state index contributed by atoms with van der Waals surface area (Å²) < 4.78 is 0. The largest absolute Gasteiger partial charge is 0.318 e. The van der Waals surface area contributed by atoms with E-state index in [-0.39, 0.29) is 0 Å². The minimum atomic E-state index is 0.918. The molecule has 2 nitrogen and oxygen atoms in total. The van der Waals surface area contributed by atoms with Gasteiger partial charge in [-0.15, -0.1) is 0 Å². The standard InChI is InChI=1S/C14H26N2/c1-15-3-4-16(2)14-12-6-10-5-11(8-12)9-13(14)7-10/h10-15H,3-9H2,1-2H3. The highest BCUT2D eigenvalue weighted by molar-refractivity contribution is 5.01. The second kappa shape index (κ2) is 4.30. The Morgan fingerprint density at radius 1 is 1.00 bits per heavy atom. The summed E-state index contributed by atoms with van der Waals surface area (Å²) in [6.45, 7) is 2.36. The molecule has 4 rings (SSSR count). The van der Waals surface area contributed by atoms with Crippen molar-refractivity contribution in [3.63, 3.8) is 0 Å². The molecule has 4 bridgehead atoms. The van der Waals surface area contributed by atoms with Crippen LogP contribution in [0.2, 0.25) is 0 Å². The Bertz CT molecular complexity index is 223. The molecule has 0 atom stereocenters. The fraction of sp³-hybridized carbons (Fsp3) is 1.00. The van der Waals surface area contributed by atoms with Crippen molar-refractivity contribution in [2.75, 3.05) is 27.2 Å². The van der Waals surface area contributed by atoms with E-state index in [1.54, 1.807) is 32.1 Å². The number of hydrogen-bond acceptors (Lipinski definition) is 2. The van der Waals surface area contributed by atoms with Crippen molar-refractivity contribution in [2.45, 2.75) is 38.1 Å². The number of nitrogens with zero attached hydrogens (tertiary/aromatic N) is 1. The smallest absolute Gasteiger partial charge is 0.0150 e. The van der Waals surface area contributed by atoms with E-state index in [1.165, 1.54) is 6.54 Å². The van der Waals surface area contributed by atoms with Gasteiger partial charge in [-0.3, -0.25) is 0 Å². The molecule has 4 saturated carbocycles. The minimum Gasteiger partial charge on any atom is -0.318 e. The van der Waals surface area contributed by atoms with Gasteiger partial charge in [0, 0.05) is 19.1 Å². The summed E-state index contributed by atoms with van der Waals surface area (Å²) in [5.74, 6) is 4.30. The lowest BCUT2D eigenvalue weighted by Crippen LogP contribution is -2.55. The van der Waals surface area contributed by atoms with Crippen LogP contribution in [0, 0.1) is 23.7 Å². The molecule has 92 valence electrons. The van der Waals surface area contributed by atoms with Crippen LogP contribution in [0.3, 0.4) is 0 Å². The molecular formula is C14H26N2. The zero-order chi connectivity index (χ0) is 11.1. The lowest BCUT2D eigenvalue weighted by molar-refractivity contribution is -0.0568. The number of rotatable bonds is 4. The van der Waals surface area contributed by atoms with Crippen molar-refractivity contribution >= 4 is 0 Å². The third-order valence-corrected chi connectivity index (χ3v) is 5.40. The van der Waals surface area contributed by atoms with Crippen molar-refractivity contribution in [3.05, 3.63) is 0 Å². The zero-order valence-corrected chi connectivity index (χ0v) is 10.8. The molecule has 0 spiro atoms. The van der Waals surface area contributed by atoms with Gasteiger partial charge in [-0.05, 0) is 69.9 Å². The molecule has 4 aliphatic carbocycles. The molecule has 0 unspecified atom stereocenters. The van der Waals surface area contributed by atoms with Crippen LogP contribution in [-0.4, -0.2) is 38.1 Å². The predicted octanol–water partition coefficient (Wildman–Crippen LogP) is 1.96. The summed E-state index contributed by atoms with van der Waals surface area (Å²) in [6.07, 6.45) is 7.74. The summed E-state index contributed by atoms with van der Waals surface area (Å²) in [6, 6.07) is 0.918. The van der Waals surface area contributed by atoms with Crippen LogP contribution in [0.25, 0.3) is 0 Å². The van der Waals surface area contributed by atoms with E-state index >= 15 is 0 Å². The Morgan fingerprint density at radius 2 is 1.56 bits per heavy atom. The van der Waals surface area contributed by atoms with Crippen molar-refractivity contribution in [2.24, 2.45) is 23.7 Å². The maximum atomic E-state index is 3.28. The van der Waals surface area contributed by atoms with Crippen molar-refractivity contribution in [3.8, 4) is 0 Å². The van der Waals surface area contributed by atoms with Crippen LogP contribution in [0.1, 0.15) is 32.1 Å². The van der Waals surface area contributed by atoms with E-state index in [9.17, 15) is 0 Å². The highest BCUT2D eigenvalue weighted by atomic mass is 15.2. The Kier molecular flexibility index (Phi) is 2.97. The number of nitrogens with one attached hydrogen (secondary N) is 1. The second-order valence-corrected chi connectivity index (χ2v) is 6.51. The molecular weight excluding hydrogens is 196 g/mol. The first-order chi connectivity index (χ1) is 7.78. The lowest BCUT2D eigenvalue weighted by atomic mass is 9.54. The quantitative estimate of drug-likeness (QED) is 0.782. The van der Waals surface area contributed by atoms with Crippen molar-refractivity contribution in [1.29, 1.82) is 0 Å². The zero-order valence-electron chi connectivity index (χ0n) is 10.8. The SMILES string of the molecule is CNCCN(C)C1C2CC3CC(C2)CC1C3. The normalized spacial score (nSPS) is 45.6. The van der Waals surface area contributed by atoms with Gasteiger partial charge in [0.15, 0.2) is 0 Å². The van der Waals surface area contributed by atoms with Gasteiger partial charge in [0.25, 0.3) is 0 Å². The third kappa shape index (κ3) is 1.80. The molecule has 0 aromatic carbocycles. The Balaban J connectivity index is 1.67. The van der Waals surface area contributed by atoms with Crippen LogP contribution < -0.4 is 5.32 Å². The van der Waals surface area contributed by atoms with Gasteiger partial charge < -0.3 is 10.2 Å². The molecule has 4 aliphatic rings. The average Bonchev–Trinajstić information content (AvgIpc) is 2.24. The number of hydrogen-bond donors (Lipinski definition) is 1. The first-order valence-electron chi connectivity index (χ1n) is 7.12. The fourth-order valence-corrected chi connectivity index (χ4v) is 5.05. The Hall–Kier alpha value is -0.0800. The van der Waals surface area contributed by atoms with Crippen LogP contribution in [0.4, 0.5) is 0 Å². The molecule has 0 amide bonds. The first kappa shape index (κ1) is 11.0. The molecule has 2 heteroatoms. The summed E-state index contributed by atoms with van der Waals surface area (Å²) in [4.78, 5) is 2.66. The minimum absolute atomic E-state index is 0.918. The van der Waals surface area contributed by atoms with Gasteiger partial charge in [-0.25, -0.2) is 0 Å². The topological polar surface area (TPSA) is 15.3 Å². The number of likely N-dealkylation sites (N-methyl/N-ethyl adjacent to an activating group) is 2. The van der Waals surface area contributed by atoms with E-state index in [1.807, 2.05) is 0 Å². The van der Waals surface area contributed by atoms with E-state index in [4.69, 9.17) is 0 Å². The molecule has 0 aromatic rings. The maximum Gasteiger partial charge on any atom is 0.0150 e. The van der Waals surface area contributed by atoms with E-state index < -0.39 is 0 Å². The van der Waals surface area contributed by atoms with Gasteiger partial charge in [0.05, 0.1) is 0 Å². The van der Waals surface area contributed by atoms with Gasteiger partial charge in [-0.1, -0.05) is 0 Å². The molecule has 1 N–H and O–H groups in total. The maximum absolute atomic E-state index is 3.28. The highest BCUT2D eigenvalue weighted by Crippen LogP contribution is 2.54. The van der Waals surface area contributed by atoms with Crippen LogP contribution in [0.15, 0.2) is 0 Å². The Morgan fingerprint density at radius 3 is 2.06 bits per heavy atom. The van der Waals surface area contributed by atoms with Crippen LogP contribution in [0.5, 0.6) is 0 Å². The molecule has 0 aliphatic heterocycles. The van der Waals surface area contributed by atoms with Crippen LogP contribution >= 0.6 is 0 Å². The third-order valence-electron chi connectivity index (χ3n) is 5.40. The summed E-state index contributed by atoms with van der Waals surface area (Å²) >= 11 is 0. The summed E-state index contributed by atoms with van der Waals surface area (Å²) in [7, 11) is 4.41. The van der Waals surface area contributed by atoms with Crippen molar-refractivity contribution in [1.82, 2.24) is 10.2 Å². The molecule has 0 saturated heterocycles. The fourth-order valence-electron chi connectivity index (χ4n) is 5.05. The van der Waals surface area contributed by atoms with Gasteiger partial charge in [-0.2, -0.15) is 0 Å².